The van der Waals surface area contributed by atoms with Crippen molar-refractivity contribution < 1.29 is 9.90 Å². The van der Waals surface area contributed by atoms with Crippen LogP contribution in [0.1, 0.15) is 36.8 Å². The lowest BCUT2D eigenvalue weighted by Crippen LogP contribution is -2.43. The minimum atomic E-state index is -0.638. The van der Waals surface area contributed by atoms with Gasteiger partial charge in [-0.1, -0.05) is 42.7 Å². The zero-order chi connectivity index (χ0) is 13.8. The van der Waals surface area contributed by atoms with E-state index in [9.17, 15) is 9.90 Å². The predicted octanol–water partition coefficient (Wildman–Crippen LogP) is 3.07. The van der Waals surface area contributed by atoms with Gasteiger partial charge < -0.3 is 5.11 Å². The zero-order valence-electron chi connectivity index (χ0n) is 11.8. The van der Waals surface area contributed by atoms with Crippen molar-refractivity contribution in [3.63, 3.8) is 0 Å². The first-order valence-corrected chi connectivity index (χ1v) is 7.06. The van der Waals surface area contributed by atoms with Crippen LogP contribution in [0.5, 0.6) is 0 Å². The molecule has 1 aromatic rings. The number of hydrogen-bond donors (Lipinski definition) is 1. The smallest absolute Gasteiger partial charge is 0.308 e. The third-order valence-corrected chi connectivity index (χ3v) is 4.17. The maximum atomic E-state index is 11.3. The Balaban J connectivity index is 2.03. The first-order chi connectivity index (χ1) is 9.08. The lowest BCUT2D eigenvalue weighted by molar-refractivity contribution is -0.145. The molecule has 1 fully saturated rings. The summed E-state index contributed by atoms with van der Waals surface area (Å²) in [5.74, 6) is -0.843. The van der Waals surface area contributed by atoms with Crippen LogP contribution in [0.2, 0.25) is 0 Å². The van der Waals surface area contributed by atoms with Gasteiger partial charge in [0.25, 0.3) is 0 Å². The maximum absolute atomic E-state index is 11.3. The van der Waals surface area contributed by atoms with E-state index in [2.05, 4.69) is 36.1 Å². The molecule has 3 nitrogen and oxygen atoms in total. The van der Waals surface area contributed by atoms with Crippen molar-refractivity contribution in [3.8, 4) is 0 Å². The van der Waals surface area contributed by atoms with Crippen LogP contribution in [0, 0.1) is 12.8 Å². The molecule has 0 spiro atoms. The third-order valence-electron chi connectivity index (χ3n) is 4.17. The van der Waals surface area contributed by atoms with E-state index in [1.807, 2.05) is 7.05 Å². The average Bonchev–Trinajstić information content (AvgIpc) is 2.41. The molecular weight excluding hydrogens is 238 g/mol. The van der Waals surface area contributed by atoms with Crippen LogP contribution in [-0.2, 0) is 11.3 Å². The van der Waals surface area contributed by atoms with E-state index >= 15 is 0 Å². The van der Waals surface area contributed by atoms with E-state index in [1.165, 1.54) is 11.1 Å². The molecule has 1 saturated carbocycles. The highest BCUT2D eigenvalue weighted by atomic mass is 16.4. The summed E-state index contributed by atoms with van der Waals surface area (Å²) in [4.78, 5) is 13.6. The number of aryl methyl sites for hydroxylation is 1. The van der Waals surface area contributed by atoms with Crippen molar-refractivity contribution in [2.45, 2.75) is 45.2 Å². The number of aliphatic carboxylic acids is 1. The fourth-order valence-electron chi connectivity index (χ4n) is 3.03. The predicted molar refractivity (Wildman–Crippen MR) is 76.0 cm³/mol. The lowest BCUT2D eigenvalue weighted by atomic mass is 9.83. The van der Waals surface area contributed by atoms with Gasteiger partial charge in [0, 0.05) is 12.6 Å². The largest absolute Gasteiger partial charge is 0.481 e. The average molecular weight is 261 g/mol. The molecule has 19 heavy (non-hydrogen) atoms. The Morgan fingerprint density at radius 1 is 1.26 bits per heavy atom. The van der Waals surface area contributed by atoms with Gasteiger partial charge in [-0.05, 0) is 32.4 Å². The van der Waals surface area contributed by atoms with Gasteiger partial charge in [-0.25, -0.2) is 0 Å². The molecule has 1 aliphatic carbocycles. The number of rotatable bonds is 4. The van der Waals surface area contributed by atoms with Gasteiger partial charge >= 0.3 is 5.97 Å². The van der Waals surface area contributed by atoms with Gasteiger partial charge in [0.05, 0.1) is 5.92 Å². The van der Waals surface area contributed by atoms with E-state index in [-0.39, 0.29) is 12.0 Å². The van der Waals surface area contributed by atoms with Gasteiger partial charge in [0.1, 0.15) is 0 Å². The fourth-order valence-corrected chi connectivity index (χ4v) is 3.03. The van der Waals surface area contributed by atoms with E-state index in [4.69, 9.17) is 0 Å². The number of carboxylic acids is 1. The highest BCUT2D eigenvalue weighted by Crippen LogP contribution is 2.29. The highest BCUT2D eigenvalue weighted by Gasteiger charge is 2.33. The van der Waals surface area contributed by atoms with Crippen molar-refractivity contribution in [3.05, 3.63) is 35.4 Å². The Kier molecular flexibility index (Phi) is 4.59. The molecule has 1 N–H and O–H groups in total. The third kappa shape index (κ3) is 3.57. The SMILES string of the molecule is Cc1ccc(CN(C)C2CCCCC2C(=O)O)cc1. The quantitative estimate of drug-likeness (QED) is 0.905. The van der Waals surface area contributed by atoms with Crippen LogP contribution in [0.25, 0.3) is 0 Å². The molecule has 0 heterocycles. The van der Waals surface area contributed by atoms with Gasteiger partial charge in [-0.3, -0.25) is 9.69 Å². The van der Waals surface area contributed by atoms with Crippen molar-refractivity contribution in [1.82, 2.24) is 4.90 Å². The summed E-state index contributed by atoms with van der Waals surface area (Å²) in [6.45, 7) is 2.91. The van der Waals surface area contributed by atoms with Gasteiger partial charge in [0.15, 0.2) is 0 Å². The molecule has 0 aliphatic heterocycles. The van der Waals surface area contributed by atoms with E-state index in [1.54, 1.807) is 0 Å². The van der Waals surface area contributed by atoms with E-state index in [0.717, 1.165) is 32.2 Å². The topological polar surface area (TPSA) is 40.5 Å². The van der Waals surface area contributed by atoms with Crippen molar-refractivity contribution >= 4 is 5.97 Å². The number of hydrogen-bond acceptors (Lipinski definition) is 2. The van der Waals surface area contributed by atoms with Gasteiger partial charge in [-0.2, -0.15) is 0 Å². The molecule has 3 heteroatoms. The summed E-state index contributed by atoms with van der Waals surface area (Å²) < 4.78 is 0. The Bertz CT molecular complexity index is 427. The molecule has 2 rings (SSSR count). The molecule has 0 amide bonds. The number of carboxylic acid groups (broad SMARTS) is 1. The molecule has 1 aliphatic rings. The monoisotopic (exact) mass is 261 g/mol. The summed E-state index contributed by atoms with van der Waals surface area (Å²) >= 11 is 0. The number of carbonyl (C=O) groups is 1. The molecule has 104 valence electrons. The molecule has 2 unspecified atom stereocenters. The molecule has 2 atom stereocenters. The van der Waals surface area contributed by atoms with Crippen LogP contribution in [0.15, 0.2) is 24.3 Å². The lowest BCUT2D eigenvalue weighted by Gasteiger charge is -2.35. The second kappa shape index (κ2) is 6.20. The van der Waals surface area contributed by atoms with Crippen molar-refractivity contribution in [1.29, 1.82) is 0 Å². The Morgan fingerprint density at radius 3 is 2.53 bits per heavy atom. The first kappa shape index (κ1) is 14.1. The summed E-state index contributed by atoms with van der Waals surface area (Å²) in [6, 6.07) is 8.65. The summed E-state index contributed by atoms with van der Waals surface area (Å²) in [7, 11) is 2.05. The Morgan fingerprint density at radius 2 is 1.89 bits per heavy atom. The summed E-state index contributed by atoms with van der Waals surface area (Å²) in [6.07, 6.45) is 4.01. The molecule has 1 aromatic carbocycles. The number of nitrogens with zero attached hydrogens (tertiary/aromatic N) is 1. The molecule has 0 saturated heterocycles. The minimum Gasteiger partial charge on any atom is -0.481 e. The van der Waals surface area contributed by atoms with Crippen molar-refractivity contribution in [2.75, 3.05) is 7.05 Å². The standard InChI is InChI=1S/C16H23NO2/c1-12-7-9-13(10-8-12)11-17(2)15-6-4-3-5-14(15)16(18)19/h7-10,14-15H,3-6,11H2,1-2H3,(H,18,19). The second-order valence-corrected chi connectivity index (χ2v) is 5.70. The molecule has 0 aromatic heterocycles. The number of benzene rings is 1. The molecule has 0 bridgehead atoms. The summed E-state index contributed by atoms with van der Waals surface area (Å²) in [5.41, 5.74) is 2.51. The minimum absolute atomic E-state index is 0.174. The zero-order valence-corrected chi connectivity index (χ0v) is 11.8. The van der Waals surface area contributed by atoms with Gasteiger partial charge in [0.2, 0.25) is 0 Å². The molecular formula is C16H23NO2. The van der Waals surface area contributed by atoms with Crippen molar-refractivity contribution in [2.24, 2.45) is 5.92 Å². The summed E-state index contributed by atoms with van der Waals surface area (Å²) in [5, 5.41) is 9.33. The Labute approximate surface area is 115 Å². The highest BCUT2D eigenvalue weighted by molar-refractivity contribution is 5.71. The fraction of sp³-hybridized carbons (Fsp3) is 0.562. The normalized spacial score (nSPS) is 23.5. The second-order valence-electron chi connectivity index (χ2n) is 5.70. The van der Waals surface area contributed by atoms with Crippen LogP contribution in [-0.4, -0.2) is 29.1 Å². The first-order valence-electron chi connectivity index (χ1n) is 7.06. The van der Waals surface area contributed by atoms with Gasteiger partial charge in [-0.15, -0.1) is 0 Å². The van der Waals surface area contributed by atoms with Crippen LogP contribution in [0.3, 0.4) is 0 Å². The maximum Gasteiger partial charge on any atom is 0.308 e. The van der Waals surface area contributed by atoms with Crippen LogP contribution < -0.4 is 0 Å². The van der Waals surface area contributed by atoms with E-state index < -0.39 is 5.97 Å². The van der Waals surface area contributed by atoms with E-state index in [0.29, 0.717) is 0 Å². The van der Waals surface area contributed by atoms with Crippen LogP contribution in [0.4, 0.5) is 0 Å². The van der Waals surface area contributed by atoms with Crippen LogP contribution >= 0.6 is 0 Å². The molecule has 0 radical (unpaired) electrons. The Hall–Kier alpha value is -1.35.